The smallest absolute Gasteiger partial charge is 0.0431 e. The van der Waals surface area contributed by atoms with Crippen LogP contribution in [0.3, 0.4) is 0 Å². The van der Waals surface area contributed by atoms with Gasteiger partial charge in [0.1, 0.15) is 0 Å². The molecule has 78 valence electrons. The molecule has 2 nitrogen and oxygen atoms in total. The molecule has 3 N–H and O–H groups in total. The lowest BCUT2D eigenvalue weighted by Crippen LogP contribution is -2.12. The molecule has 0 radical (unpaired) electrons. The van der Waals surface area contributed by atoms with Crippen LogP contribution in [0.2, 0.25) is 0 Å². The van der Waals surface area contributed by atoms with E-state index in [2.05, 4.69) is 32.0 Å². The first-order chi connectivity index (χ1) is 6.65. The van der Waals surface area contributed by atoms with Crippen LogP contribution in [0.25, 0.3) is 0 Å². The van der Waals surface area contributed by atoms with Crippen molar-refractivity contribution in [1.29, 1.82) is 0 Å². The quantitative estimate of drug-likeness (QED) is 0.769. The van der Waals surface area contributed by atoms with Crippen molar-refractivity contribution in [1.82, 2.24) is 0 Å². The minimum atomic E-state index is 0.0581. The molecule has 0 aliphatic carbocycles. The van der Waals surface area contributed by atoms with E-state index >= 15 is 0 Å². The first-order valence-electron chi connectivity index (χ1n) is 5.08. The zero-order valence-corrected chi connectivity index (χ0v) is 8.96. The summed E-state index contributed by atoms with van der Waals surface area (Å²) in [7, 11) is 0. The third-order valence-electron chi connectivity index (χ3n) is 2.50. The Balaban J connectivity index is 2.74. The average molecular weight is 193 g/mol. The normalized spacial score (nSPS) is 12.9. The lowest BCUT2D eigenvalue weighted by atomic mass is 9.97. The summed E-state index contributed by atoms with van der Waals surface area (Å²) in [5.74, 6) is 0. The third-order valence-corrected chi connectivity index (χ3v) is 2.50. The average Bonchev–Trinajstić information content (AvgIpc) is 2.14. The minimum absolute atomic E-state index is 0.0581. The molecule has 0 saturated carbocycles. The van der Waals surface area contributed by atoms with Gasteiger partial charge >= 0.3 is 0 Å². The molecular formula is C12H19NO. The van der Waals surface area contributed by atoms with Gasteiger partial charge in [-0.15, -0.1) is 0 Å². The Kier molecular flexibility index (Phi) is 4.11. The van der Waals surface area contributed by atoms with Crippen molar-refractivity contribution in [2.45, 2.75) is 32.7 Å². The van der Waals surface area contributed by atoms with E-state index in [-0.39, 0.29) is 12.6 Å². The van der Waals surface area contributed by atoms with Crippen LogP contribution in [0.5, 0.6) is 0 Å². The molecular weight excluding hydrogens is 174 g/mol. The molecule has 1 aromatic rings. The Labute approximate surface area is 85.8 Å². The van der Waals surface area contributed by atoms with Gasteiger partial charge in [0.15, 0.2) is 0 Å². The number of aryl methyl sites for hydroxylation is 2. The molecule has 0 bridgehead atoms. The predicted molar refractivity (Wildman–Crippen MR) is 59.2 cm³/mol. The van der Waals surface area contributed by atoms with Gasteiger partial charge in [0.25, 0.3) is 0 Å². The number of benzene rings is 1. The Morgan fingerprint density at radius 3 is 2.64 bits per heavy atom. The Morgan fingerprint density at radius 1 is 1.36 bits per heavy atom. The number of nitrogens with two attached hydrogens (primary N) is 1. The SMILES string of the molecule is Cc1ccc([C@@H](N)CCCO)c(C)c1. The molecule has 1 atom stereocenters. The standard InChI is InChI=1S/C12H19NO/c1-9-5-6-11(10(2)8-9)12(13)4-3-7-14/h5-6,8,12,14H,3-4,7,13H2,1-2H3/t12-/m0/s1. The Hall–Kier alpha value is -0.860. The molecule has 1 aromatic carbocycles. The third kappa shape index (κ3) is 2.82. The van der Waals surface area contributed by atoms with Crippen LogP contribution in [0.1, 0.15) is 35.6 Å². The Bertz CT molecular complexity index is 296. The fourth-order valence-corrected chi connectivity index (χ4v) is 1.71. The number of hydrogen-bond donors (Lipinski definition) is 2. The molecule has 0 heterocycles. The fourth-order valence-electron chi connectivity index (χ4n) is 1.71. The van der Waals surface area contributed by atoms with E-state index in [0.29, 0.717) is 0 Å². The van der Waals surface area contributed by atoms with Crippen LogP contribution in [-0.4, -0.2) is 11.7 Å². The second kappa shape index (κ2) is 5.13. The number of rotatable bonds is 4. The molecule has 0 unspecified atom stereocenters. The summed E-state index contributed by atoms with van der Waals surface area (Å²) in [5.41, 5.74) is 9.73. The Morgan fingerprint density at radius 2 is 2.07 bits per heavy atom. The van der Waals surface area contributed by atoms with Crippen molar-refractivity contribution in [2.24, 2.45) is 5.73 Å². The second-order valence-corrected chi connectivity index (χ2v) is 3.83. The van der Waals surface area contributed by atoms with Gasteiger partial charge in [-0.25, -0.2) is 0 Å². The van der Waals surface area contributed by atoms with E-state index in [0.717, 1.165) is 12.8 Å². The van der Waals surface area contributed by atoms with E-state index in [4.69, 9.17) is 10.8 Å². The highest BCUT2D eigenvalue weighted by Crippen LogP contribution is 2.20. The van der Waals surface area contributed by atoms with E-state index < -0.39 is 0 Å². The highest BCUT2D eigenvalue weighted by molar-refractivity contribution is 5.32. The monoisotopic (exact) mass is 193 g/mol. The number of aliphatic hydroxyl groups is 1. The van der Waals surface area contributed by atoms with Crippen LogP contribution < -0.4 is 5.73 Å². The summed E-state index contributed by atoms with van der Waals surface area (Å²) < 4.78 is 0. The molecule has 2 heteroatoms. The maximum atomic E-state index is 8.72. The van der Waals surface area contributed by atoms with Crippen LogP contribution in [0.4, 0.5) is 0 Å². The van der Waals surface area contributed by atoms with Gasteiger partial charge in [0.2, 0.25) is 0 Å². The molecule has 0 aliphatic rings. The van der Waals surface area contributed by atoms with Crippen LogP contribution in [0.15, 0.2) is 18.2 Å². The zero-order chi connectivity index (χ0) is 10.6. The highest BCUT2D eigenvalue weighted by atomic mass is 16.2. The summed E-state index contributed by atoms with van der Waals surface area (Å²) in [5, 5.41) is 8.72. The highest BCUT2D eigenvalue weighted by Gasteiger charge is 2.07. The van der Waals surface area contributed by atoms with Crippen molar-refractivity contribution in [3.05, 3.63) is 34.9 Å². The van der Waals surface area contributed by atoms with E-state index in [1.165, 1.54) is 16.7 Å². The second-order valence-electron chi connectivity index (χ2n) is 3.83. The van der Waals surface area contributed by atoms with E-state index in [1.54, 1.807) is 0 Å². The van der Waals surface area contributed by atoms with Crippen molar-refractivity contribution < 1.29 is 5.11 Å². The molecule has 0 amide bonds. The summed E-state index contributed by atoms with van der Waals surface area (Å²) in [6.45, 7) is 4.38. The first kappa shape index (κ1) is 11.2. The summed E-state index contributed by atoms with van der Waals surface area (Å²) >= 11 is 0. The minimum Gasteiger partial charge on any atom is -0.396 e. The van der Waals surface area contributed by atoms with Crippen LogP contribution in [-0.2, 0) is 0 Å². The fraction of sp³-hybridized carbons (Fsp3) is 0.500. The number of hydrogen-bond acceptors (Lipinski definition) is 2. The van der Waals surface area contributed by atoms with Gasteiger partial charge in [0, 0.05) is 12.6 Å². The van der Waals surface area contributed by atoms with Gasteiger partial charge in [-0.05, 0) is 37.8 Å². The van der Waals surface area contributed by atoms with Crippen molar-refractivity contribution in [3.63, 3.8) is 0 Å². The van der Waals surface area contributed by atoms with E-state index in [1.807, 2.05) is 0 Å². The molecule has 0 saturated heterocycles. The van der Waals surface area contributed by atoms with Gasteiger partial charge in [-0.2, -0.15) is 0 Å². The summed E-state index contributed by atoms with van der Waals surface area (Å²) in [4.78, 5) is 0. The van der Waals surface area contributed by atoms with Gasteiger partial charge in [-0.3, -0.25) is 0 Å². The predicted octanol–water partition coefficient (Wildman–Crippen LogP) is 2.08. The van der Waals surface area contributed by atoms with Gasteiger partial charge < -0.3 is 10.8 Å². The lowest BCUT2D eigenvalue weighted by molar-refractivity contribution is 0.280. The molecule has 0 aromatic heterocycles. The topological polar surface area (TPSA) is 46.2 Å². The van der Waals surface area contributed by atoms with Crippen LogP contribution >= 0.6 is 0 Å². The van der Waals surface area contributed by atoms with Crippen molar-refractivity contribution in [2.75, 3.05) is 6.61 Å². The number of aliphatic hydroxyl groups excluding tert-OH is 1. The largest absolute Gasteiger partial charge is 0.396 e. The first-order valence-corrected chi connectivity index (χ1v) is 5.08. The molecule has 0 spiro atoms. The van der Waals surface area contributed by atoms with Crippen molar-refractivity contribution >= 4 is 0 Å². The van der Waals surface area contributed by atoms with Crippen LogP contribution in [0, 0.1) is 13.8 Å². The van der Waals surface area contributed by atoms with Crippen molar-refractivity contribution in [3.8, 4) is 0 Å². The maximum absolute atomic E-state index is 8.72. The molecule has 14 heavy (non-hydrogen) atoms. The van der Waals surface area contributed by atoms with Gasteiger partial charge in [-0.1, -0.05) is 23.8 Å². The zero-order valence-electron chi connectivity index (χ0n) is 8.96. The lowest BCUT2D eigenvalue weighted by Gasteiger charge is -2.14. The summed E-state index contributed by atoms with van der Waals surface area (Å²) in [6, 6.07) is 6.38. The summed E-state index contributed by atoms with van der Waals surface area (Å²) in [6.07, 6.45) is 1.62. The molecule has 1 rings (SSSR count). The van der Waals surface area contributed by atoms with E-state index in [9.17, 15) is 0 Å². The maximum Gasteiger partial charge on any atom is 0.0431 e. The molecule has 0 aliphatic heterocycles. The van der Waals surface area contributed by atoms with Gasteiger partial charge in [0.05, 0.1) is 0 Å². The molecule has 0 fully saturated rings.